The quantitative estimate of drug-likeness (QED) is 0.638. The van der Waals surface area contributed by atoms with Gasteiger partial charge in [0.2, 0.25) is 0 Å². The Labute approximate surface area is 164 Å². The molecule has 1 aliphatic carbocycles. The highest BCUT2D eigenvalue weighted by molar-refractivity contribution is 9.10. The van der Waals surface area contributed by atoms with Crippen LogP contribution in [0.25, 0.3) is 11.4 Å². The zero-order valence-corrected chi connectivity index (χ0v) is 16.2. The molecule has 3 aromatic rings. The third-order valence-electron chi connectivity index (χ3n) is 5.18. The number of oxazole rings is 1. The van der Waals surface area contributed by atoms with Crippen molar-refractivity contribution >= 4 is 21.8 Å². The van der Waals surface area contributed by atoms with Crippen LogP contribution in [0.3, 0.4) is 0 Å². The first kappa shape index (κ1) is 16.7. The Balaban J connectivity index is 1.48. The Morgan fingerprint density at radius 1 is 1.33 bits per heavy atom. The van der Waals surface area contributed by atoms with E-state index >= 15 is 0 Å². The van der Waals surface area contributed by atoms with E-state index in [-0.39, 0.29) is 5.91 Å². The van der Waals surface area contributed by atoms with Gasteiger partial charge in [0.05, 0.1) is 12.1 Å². The molecule has 2 aliphatic rings. The maximum Gasteiger partial charge on any atom is 0.255 e. The van der Waals surface area contributed by atoms with Crippen LogP contribution in [0.2, 0.25) is 0 Å². The van der Waals surface area contributed by atoms with Crippen molar-refractivity contribution < 1.29 is 9.21 Å². The molecule has 1 fully saturated rings. The number of halogens is 1. The molecule has 0 spiro atoms. The topological polar surface area (TPSA) is 77.1 Å². The molecule has 0 atom stereocenters. The summed E-state index contributed by atoms with van der Waals surface area (Å²) in [7, 11) is 0. The van der Waals surface area contributed by atoms with Gasteiger partial charge in [-0.3, -0.25) is 14.5 Å². The van der Waals surface area contributed by atoms with Crippen LogP contribution in [0.4, 0.5) is 0 Å². The lowest BCUT2D eigenvalue weighted by Crippen LogP contribution is -2.36. The second-order valence-corrected chi connectivity index (χ2v) is 8.06. The van der Waals surface area contributed by atoms with Gasteiger partial charge in [-0.05, 0) is 40.8 Å². The van der Waals surface area contributed by atoms with Crippen molar-refractivity contribution in [3.05, 3.63) is 52.4 Å². The highest BCUT2D eigenvalue weighted by atomic mass is 79.9. The molecule has 27 heavy (non-hydrogen) atoms. The second kappa shape index (κ2) is 6.60. The highest BCUT2D eigenvalue weighted by Crippen LogP contribution is 2.35. The predicted octanol–water partition coefficient (Wildman–Crippen LogP) is 3.30. The number of hydrogen-bond acceptors (Lipinski definition) is 5. The van der Waals surface area contributed by atoms with Gasteiger partial charge in [0, 0.05) is 47.6 Å². The van der Waals surface area contributed by atoms with E-state index < -0.39 is 0 Å². The summed E-state index contributed by atoms with van der Waals surface area (Å²) in [6.07, 6.45) is 9.65. The number of carbonyl (C=O) groups is 1. The Bertz CT molecular complexity index is 994. The number of nitrogens with zero attached hydrogens (tertiary/aromatic N) is 5. The number of aromatic nitrogens is 4. The van der Waals surface area contributed by atoms with Crippen LogP contribution in [0.5, 0.6) is 0 Å². The molecule has 0 N–H and O–H groups in total. The van der Waals surface area contributed by atoms with Crippen LogP contribution in [0, 0.1) is 5.92 Å². The van der Waals surface area contributed by atoms with E-state index in [1.54, 1.807) is 24.7 Å². The van der Waals surface area contributed by atoms with Gasteiger partial charge in [0.1, 0.15) is 17.7 Å². The summed E-state index contributed by atoms with van der Waals surface area (Å²) in [5.41, 5.74) is 4.42. The van der Waals surface area contributed by atoms with E-state index in [0.717, 1.165) is 40.3 Å². The molecule has 7 nitrogen and oxygen atoms in total. The van der Waals surface area contributed by atoms with Crippen molar-refractivity contribution in [2.75, 3.05) is 6.54 Å². The Morgan fingerprint density at radius 3 is 2.96 bits per heavy atom. The summed E-state index contributed by atoms with van der Waals surface area (Å²) in [6, 6.07) is 1.81. The van der Waals surface area contributed by atoms with Crippen molar-refractivity contribution in [3.63, 3.8) is 0 Å². The van der Waals surface area contributed by atoms with Crippen LogP contribution in [-0.2, 0) is 19.5 Å². The molecule has 4 heterocycles. The number of hydrogen-bond donors (Lipinski definition) is 0. The number of pyridine rings is 1. The minimum atomic E-state index is -0.0181. The lowest BCUT2D eigenvalue weighted by atomic mass is 10.0. The molecule has 5 rings (SSSR count). The fourth-order valence-electron chi connectivity index (χ4n) is 3.61. The molecule has 8 heteroatoms. The average Bonchev–Trinajstić information content (AvgIpc) is 3.19. The van der Waals surface area contributed by atoms with Crippen molar-refractivity contribution in [2.24, 2.45) is 5.92 Å². The third-order valence-corrected chi connectivity index (χ3v) is 5.61. The normalized spacial score (nSPS) is 16.4. The maximum atomic E-state index is 13.0. The van der Waals surface area contributed by atoms with Crippen LogP contribution in [-0.4, -0.2) is 37.1 Å². The van der Waals surface area contributed by atoms with Crippen molar-refractivity contribution in [1.82, 2.24) is 24.6 Å². The molecule has 0 unspecified atom stereocenters. The Kier molecular flexibility index (Phi) is 4.07. The minimum absolute atomic E-state index is 0.0181. The standard InChI is InChI=1S/C19H18BrN5O2/c20-14-5-13(6-21-7-14)19(26)24-4-3-17-15(9-24)18(16-10-27-11-22-16)23-25(17)8-12-1-2-12/h5-7,10-12H,1-4,8-9H2. The first-order valence-electron chi connectivity index (χ1n) is 9.06. The van der Waals surface area contributed by atoms with Gasteiger partial charge in [0.15, 0.2) is 6.39 Å². The second-order valence-electron chi connectivity index (χ2n) is 7.14. The van der Waals surface area contributed by atoms with Gasteiger partial charge in [0.25, 0.3) is 5.91 Å². The minimum Gasteiger partial charge on any atom is -0.451 e. The van der Waals surface area contributed by atoms with Crippen LogP contribution in [0.15, 0.2) is 40.0 Å². The number of fused-ring (bicyclic) bond motifs is 1. The van der Waals surface area contributed by atoms with E-state index in [9.17, 15) is 4.79 Å². The smallest absolute Gasteiger partial charge is 0.255 e. The fourth-order valence-corrected chi connectivity index (χ4v) is 3.97. The SMILES string of the molecule is O=C(c1cncc(Br)c1)N1CCc2c(c(-c3cocn3)nn2CC2CC2)C1. The zero-order valence-electron chi connectivity index (χ0n) is 14.6. The molecule has 3 aromatic heterocycles. The van der Waals surface area contributed by atoms with Gasteiger partial charge in [-0.1, -0.05) is 0 Å². The van der Waals surface area contributed by atoms with E-state index in [4.69, 9.17) is 9.52 Å². The first-order valence-corrected chi connectivity index (χ1v) is 9.85. The van der Waals surface area contributed by atoms with Crippen molar-refractivity contribution in [2.45, 2.75) is 32.4 Å². The first-order chi connectivity index (χ1) is 13.2. The van der Waals surface area contributed by atoms with Crippen LogP contribution < -0.4 is 0 Å². The van der Waals surface area contributed by atoms with E-state index in [2.05, 4.69) is 30.6 Å². The summed E-state index contributed by atoms with van der Waals surface area (Å²) in [6.45, 7) is 2.14. The van der Waals surface area contributed by atoms with Gasteiger partial charge in [-0.2, -0.15) is 5.10 Å². The average molecular weight is 428 g/mol. The Hall–Kier alpha value is -2.48. The van der Waals surface area contributed by atoms with Gasteiger partial charge in [-0.15, -0.1) is 0 Å². The monoisotopic (exact) mass is 427 g/mol. The molecule has 0 radical (unpaired) electrons. The summed E-state index contributed by atoms with van der Waals surface area (Å²) in [4.78, 5) is 23.2. The fraction of sp³-hybridized carbons (Fsp3) is 0.368. The van der Waals surface area contributed by atoms with Crippen LogP contribution in [0.1, 0.15) is 34.5 Å². The molecular formula is C19H18BrN5O2. The van der Waals surface area contributed by atoms with Gasteiger partial charge < -0.3 is 9.32 Å². The Morgan fingerprint density at radius 2 is 2.22 bits per heavy atom. The van der Waals surface area contributed by atoms with Crippen molar-refractivity contribution in [3.8, 4) is 11.4 Å². The molecule has 0 bridgehead atoms. The number of carbonyl (C=O) groups excluding carboxylic acids is 1. The molecule has 1 amide bonds. The van der Waals surface area contributed by atoms with Gasteiger partial charge in [-0.25, -0.2) is 4.98 Å². The number of amides is 1. The molecular weight excluding hydrogens is 410 g/mol. The number of rotatable bonds is 4. The lowest BCUT2D eigenvalue weighted by Gasteiger charge is -2.28. The molecule has 1 aliphatic heterocycles. The van der Waals surface area contributed by atoms with Crippen LogP contribution >= 0.6 is 15.9 Å². The predicted molar refractivity (Wildman–Crippen MR) is 101 cm³/mol. The van der Waals surface area contributed by atoms with E-state index in [1.165, 1.54) is 24.9 Å². The molecule has 0 aromatic carbocycles. The molecule has 138 valence electrons. The molecule has 1 saturated carbocycles. The summed E-state index contributed by atoms with van der Waals surface area (Å²) >= 11 is 3.38. The maximum absolute atomic E-state index is 13.0. The summed E-state index contributed by atoms with van der Waals surface area (Å²) < 4.78 is 8.09. The lowest BCUT2D eigenvalue weighted by molar-refractivity contribution is 0.0733. The molecule has 0 saturated heterocycles. The van der Waals surface area contributed by atoms with E-state index in [0.29, 0.717) is 18.7 Å². The summed E-state index contributed by atoms with van der Waals surface area (Å²) in [5, 5.41) is 4.83. The van der Waals surface area contributed by atoms with E-state index in [1.807, 2.05) is 4.90 Å². The van der Waals surface area contributed by atoms with Crippen molar-refractivity contribution in [1.29, 1.82) is 0 Å². The third kappa shape index (κ3) is 3.18. The van der Waals surface area contributed by atoms with Gasteiger partial charge >= 0.3 is 0 Å². The highest BCUT2D eigenvalue weighted by Gasteiger charge is 2.31. The summed E-state index contributed by atoms with van der Waals surface area (Å²) in [5.74, 6) is 0.710. The zero-order chi connectivity index (χ0) is 18.4. The largest absolute Gasteiger partial charge is 0.451 e.